The van der Waals surface area contributed by atoms with Crippen LogP contribution in [-0.2, 0) is 6.54 Å². The van der Waals surface area contributed by atoms with Gasteiger partial charge in [-0.25, -0.2) is 9.37 Å². The summed E-state index contributed by atoms with van der Waals surface area (Å²) >= 11 is 3.19. The van der Waals surface area contributed by atoms with E-state index in [0.717, 1.165) is 29.9 Å². The predicted molar refractivity (Wildman–Crippen MR) is 83.0 cm³/mol. The Kier molecular flexibility index (Phi) is 3.96. The van der Waals surface area contributed by atoms with Crippen LogP contribution in [0.15, 0.2) is 16.6 Å². The molecule has 1 aromatic heterocycles. The van der Waals surface area contributed by atoms with Crippen LogP contribution in [0.3, 0.4) is 0 Å². The van der Waals surface area contributed by atoms with E-state index >= 15 is 0 Å². The number of imidazole rings is 1. The summed E-state index contributed by atoms with van der Waals surface area (Å²) in [5, 5.41) is 0. The van der Waals surface area contributed by atoms with E-state index in [1.165, 1.54) is 38.2 Å². The molecule has 2 aromatic rings. The third kappa shape index (κ3) is 2.68. The molecule has 5 heteroatoms. The van der Waals surface area contributed by atoms with Crippen molar-refractivity contribution in [3.8, 4) is 0 Å². The Morgan fingerprint density at radius 3 is 2.80 bits per heavy atom. The zero-order chi connectivity index (χ0) is 14.1. The summed E-state index contributed by atoms with van der Waals surface area (Å²) in [5.41, 5.74) is 7.52. The number of hydrogen-bond acceptors (Lipinski definition) is 2. The van der Waals surface area contributed by atoms with Gasteiger partial charge in [0.05, 0.1) is 15.5 Å². The van der Waals surface area contributed by atoms with Crippen LogP contribution in [0.25, 0.3) is 11.0 Å². The first kappa shape index (κ1) is 13.9. The molecule has 1 aromatic carbocycles. The van der Waals surface area contributed by atoms with E-state index in [1.54, 1.807) is 6.07 Å². The van der Waals surface area contributed by atoms with Gasteiger partial charge in [-0.2, -0.15) is 0 Å². The molecule has 0 saturated heterocycles. The number of aromatic nitrogens is 2. The summed E-state index contributed by atoms with van der Waals surface area (Å²) in [6.07, 6.45) is 7.77. The predicted octanol–water partition coefficient (Wildman–Crippen LogP) is 4.49. The molecule has 0 spiro atoms. The number of anilines is 1. The largest absolute Gasteiger partial charge is 0.369 e. The molecule has 20 heavy (non-hydrogen) atoms. The lowest BCUT2D eigenvalue weighted by atomic mass is 9.87. The molecule has 0 aliphatic heterocycles. The van der Waals surface area contributed by atoms with E-state index in [2.05, 4.69) is 20.9 Å². The van der Waals surface area contributed by atoms with Gasteiger partial charge in [0.25, 0.3) is 0 Å². The highest BCUT2D eigenvalue weighted by atomic mass is 79.9. The maximum absolute atomic E-state index is 13.7. The Labute approximate surface area is 126 Å². The monoisotopic (exact) mass is 339 g/mol. The van der Waals surface area contributed by atoms with E-state index in [1.807, 2.05) is 4.57 Å². The zero-order valence-electron chi connectivity index (χ0n) is 11.4. The first-order valence-corrected chi connectivity index (χ1v) is 8.05. The summed E-state index contributed by atoms with van der Waals surface area (Å²) in [6, 6.07) is 3.21. The summed E-state index contributed by atoms with van der Waals surface area (Å²) in [5.74, 6) is 0.991. The molecule has 108 valence electrons. The fourth-order valence-electron chi connectivity index (χ4n) is 3.16. The number of hydrogen-bond donors (Lipinski definition) is 1. The lowest BCUT2D eigenvalue weighted by molar-refractivity contribution is 0.326. The Morgan fingerprint density at radius 2 is 2.05 bits per heavy atom. The maximum Gasteiger partial charge on any atom is 0.201 e. The third-order valence-corrected chi connectivity index (χ3v) is 4.91. The summed E-state index contributed by atoms with van der Waals surface area (Å²) in [4.78, 5) is 4.32. The summed E-state index contributed by atoms with van der Waals surface area (Å²) in [7, 11) is 0. The normalized spacial score (nSPS) is 16.9. The van der Waals surface area contributed by atoms with Crippen molar-refractivity contribution in [2.75, 3.05) is 5.73 Å². The quantitative estimate of drug-likeness (QED) is 0.895. The van der Waals surface area contributed by atoms with Crippen molar-refractivity contribution in [1.29, 1.82) is 0 Å². The highest BCUT2D eigenvalue weighted by Crippen LogP contribution is 2.29. The van der Waals surface area contributed by atoms with Crippen LogP contribution in [0.2, 0.25) is 0 Å². The van der Waals surface area contributed by atoms with Crippen molar-refractivity contribution in [2.24, 2.45) is 5.92 Å². The van der Waals surface area contributed by atoms with Crippen LogP contribution in [-0.4, -0.2) is 9.55 Å². The number of benzene rings is 1. The van der Waals surface area contributed by atoms with E-state index in [9.17, 15) is 4.39 Å². The number of nitrogen functional groups attached to an aromatic ring is 1. The van der Waals surface area contributed by atoms with Gasteiger partial charge in [0.1, 0.15) is 5.82 Å². The first-order chi connectivity index (χ1) is 9.65. The van der Waals surface area contributed by atoms with Crippen molar-refractivity contribution in [3.05, 3.63) is 22.4 Å². The molecule has 0 unspecified atom stereocenters. The molecular formula is C15H19BrFN3. The van der Waals surface area contributed by atoms with Gasteiger partial charge in [-0.1, -0.05) is 32.1 Å². The van der Waals surface area contributed by atoms with Gasteiger partial charge in [-0.15, -0.1) is 0 Å². The van der Waals surface area contributed by atoms with Crippen molar-refractivity contribution in [1.82, 2.24) is 9.55 Å². The maximum atomic E-state index is 13.7. The Morgan fingerprint density at radius 1 is 1.30 bits per heavy atom. The van der Waals surface area contributed by atoms with Crippen LogP contribution in [0.4, 0.5) is 10.3 Å². The number of fused-ring (bicyclic) bond motifs is 1. The number of nitrogens with zero attached hydrogens (tertiary/aromatic N) is 2. The average Bonchev–Trinajstić information content (AvgIpc) is 2.73. The minimum absolute atomic E-state index is 0.267. The van der Waals surface area contributed by atoms with E-state index in [4.69, 9.17) is 5.73 Å². The lowest BCUT2D eigenvalue weighted by Crippen LogP contribution is -2.11. The minimum Gasteiger partial charge on any atom is -0.369 e. The van der Waals surface area contributed by atoms with Crippen LogP contribution in [0, 0.1) is 11.7 Å². The number of aryl methyl sites for hydroxylation is 1. The topological polar surface area (TPSA) is 43.8 Å². The number of rotatable bonds is 3. The highest BCUT2D eigenvalue weighted by molar-refractivity contribution is 9.10. The van der Waals surface area contributed by atoms with Crippen molar-refractivity contribution in [2.45, 2.75) is 45.1 Å². The summed E-state index contributed by atoms with van der Waals surface area (Å²) in [6.45, 7) is 0.827. The summed E-state index contributed by atoms with van der Waals surface area (Å²) < 4.78 is 16.1. The molecule has 3 nitrogen and oxygen atoms in total. The Balaban J connectivity index is 1.83. The van der Waals surface area contributed by atoms with Gasteiger partial charge >= 0.3 is 0 Å². The van der Waals surface area contributed by atoms with Gasteiger partial charge in [-0.05, 0) is 34.3 Å². The molecule has 1 saturated carbocycles. The fourth-order valence-corrected chi connectivity index (χ4v) is 3.49. The molecule has 1 heterocycles. The van der Waals surface area contributed by atoms with Crippen LogP contribution in [0.1, 0.15) is 38.5 Å². The minimum atomic E-state index is -0.267. The van der Waals surface area contributed by atoms with Crippen LogP contribution in [0.5, 0.6) is 0 Å². The van der Waals surface area contributed by atoms with Gasteiger partial charge in [0, 0.05) is 12.6 Å². The highest BCUT2D eigenvalue weighted by Gasteiger charge is 2.16. The molecular weight excluding hydrogens is 321 g/mol. The molecule has 0 amide bonds. The van der Waals surface area contributed by atoms with E-state index in [-0.39, 0.29) is 5.82 Å². The molecule has 0 bridgehead atoms. The van der Waals surface area contributed by atoms with Gasteiger partial charge in [-0.3, -0.25) is 0 Å². The van der Waals surface area contributed by atoms with Crippen molar-refractivity contribution in [3.63, 3.8) is 0 Å². The molecule has 1 aliphatic rings. The van der Waals surface area contributed by atoms with Gasteiger partial charge in [0.2, 0.25) is 5.95 Å². The second-order valence-electron chi connectivity index (χ2n) is 5.67. The smallest absolute Gasteiger partial charge is 0.201 e. The second kappa shape index (κ2) is 5.72. The molecule has 0 radical (unpaired) electrons. The Bertz CT molecular complexity index is 617. The average molecular weight is 340 g/mol. The van der Waals surface area contributed by atoms with E-state index < -0.39 is 0 Å². The van der Waals surface area contributed by atoms with Crippen molar-refractivity contribution >= 4 is 32.9 Å². The lowest BCUT2D eigenvalue weighted by Gasteiger charge is -2.21. The van der Waals surface area contributed by atoms with Gasteiger partial charge < -0.3 is 10.3 Å². The number of halogens is 2. The molecule has 0 atom stereocenters. The SMILES string of the molecule is Nc1nc2cc(Br)c(F)cc2n1CCC1CCCCC1. The first-order valence-electron chi connectivity index (χ1n) is 7.26. The molecule has 1 fully saturated rings. The van der Waals surface area contributed by atoms with Crippen LogP contribution >= 0.6 is 15.9 Å². The van der Waals surface area contributed by atoms with Crippen LogP contribution < -0.4 is 5.73 Å². The molecule has 1 aliphatic carbocycles. The van der Waals surface area contributed by atoms with Crippen molar-refractivity contribution < 1.29 is 4.39 Å². The molecule has 2 N–H and O–H groups in total. The second-order valence-corrected chi connectivity index (χ2v) is 6.52. The van der Waals surface area contributed by atoms with E-state index in [0.29, 0.717) is 10.4 Å². The molecule has 3 rings (SSSR count). The Hall–Kier alpha value is -1.10. The standard InChI is InChI=1S/C15H19BrFN3/c16-11-8-13-14(9-12(11)17)20(15(18)19-13)7-6-10-4-2-1-3-5-10/h8-10H,1-7H2,(H2,18,19). The number of nitrogens with two attached hydrogens (primary N) is 1. The zero-order valence-corrected chi connectivity index (χ0v) is 13.0. The third-order valence-electron chi connectivity index (χ3n) is 4.31. The van der Waals surface area contributed by atoms with Gasteiger partial charge in [0.15, 0.2) is 0 Å². The fraction of sp³-hybridized carbons (Fsp3) is 0.533.